The number of aliphatic carboxylic acids is 1. The average Bonchev–Trinajstić information content (AvgIpc) is 2.48. The molecule has 1 aromatic rings. The maximum absolute atomic E-state index is 10.4. The van der Waals surface area contributed by atoms with Gasteiger partial charge in [-0.2, -0.15) is 5.10 Å². The molecule has 0 aliphatic carbocycles. The quantitative estimate of drug-likeness (QED) is 0.753. The lowest BCUT2D eigenvalue weighted by molar-refractivity contribution is -0.131. The van der Waals surface area contributed by atoms with Crippen molar-refractivity contribution in [3.05, 3.63) is 29.6 Å². The molecule has 0 radical (unpaired) electrons. The number of carboxylic acids is 1. The highest BCUT2D eigenvalue weighted by molar-refractivity contribution is 5.80. The van der Waals surface area contributed by atoms with Crippen molar-refractivity contribution in [3.63, 3.8) is 0 Å². The summed E-state index contributed by atoms with van der Waals surface area (Å²) in [6, 6.07) is 0. The van der Waals surface area contributed by atoms with Crippen LogP contribution in [-0.2, 0) is 18.4 Å². The van der Waals surface area contributed by atoms with Crippen molar-refractivity contribution >= 4 is 5.97 Å². The van der Waals surface area contributed by atoms with E-state index in [-0.39, 0.29) is 0 Å². The Morgan fingerprint density at radius 3 is 2.88 bits per heavy atom. The maximum Gasteiger partial charge on any atom is 0.328 e. The van der Waals surface area contributed by atoms with Crippen molar-refractivity contribution in [2.45, 2.75) is 13.5 Å². The molecule has 1 N–H and O–H groups in total. The fourth-order valence-electron chi connectivity index (χ4n) is 1.60. The average molecular weight is 223 g/mol. The van der Waals surface area contributed by atoms with E-state index in [0.717, 1.165) is 17.7 Å². The summed E-state index contributed by atoms with van der Waals surface area (Å²) in [5, 5.41) is 12.7. The van der Waals surface area contributed by atoms with Crippen molar-refractivity contribution < 1.29 is 9.90 Å². The molecule has 1 rings (SSSR count). The Balaban J connectivity index is 2.47. The molecule has 0 atom stereocenters. The minimum Gasteiger partial charge on any atom is -0.478 e. The van der Waals surface area contributed by atoms with Crippen LogP contribution in [-0.4, -0.2) is 39.3 Å². The van der Waals surface area contributed by atoms with Gasteiger partial charge in [0, 0.05) is 38.0 Å². The van der Waals surface area contributed by atoms with Crippen molar-refractivity contribution in [1.82, 2.24) is 14.7 Å². The monoisotopic (exact) mass is 223 g/mol. The number of aromatic nitrogens is 2. The van der Waals surface area contributed by atoms with Gasteiger partial charge in [0.25, 0.3) is 0 Å². The van der Waals surface area contributed by atoms with Crippen LogP contribution in [0.15, 0.2) is 24.0 Å². The van der Waals surface area contributed by atoms with Gasteiger partial charge < -0.3 is 5.11 Å². The summed E-state index contributed by atoms with van der Waals surface area (Å²) in [5.41, 5.74) is 1.95. The Kier molecular flexibility index (Phi) is 4.25. The normalized spacial score (nSPS) is 12.1. The fraction of sp³-hybridized carbons (Fsp3) is 0.455. The van der Waals surface area contributed by atoms with E-state index in [1.165, 1.54) is 6.08 Å². The molecule has 0 amide bonds. The largest absolute Gasteiger partial charge is 0.478 e. The zero-order chi connectivity index (χ0) is 12.1. The smallest absolute Gasteiger partial charge is 0.328 e. The van der Waals surface area contributed by atoms with Gasteiger partial charge in [-0.05, 0) is 14.0 Å². The highest BCUT2D eigenvalue weighted by atomic mass is 16.4. The van der Waals surface area contributed by atoms with Gasteiger partial charge in [0.2, 0.25) is 0 Å². The number of rotatable bonds is 5. The standard InChI is InChI=1S/C11H17N3O2/c1-9(4-11(15)16)6-13(2)7-10-5-12-14(3)8-10/h4-5,8H,6-7H2,1-3H3,(H,15,16). The molecule has 0 fully saturated rings. The maximum atomic E-state index is 10.4. The zero-order valence-electron chi connectivity index (χ0n) is 9.84. The highest BCUT2D eigenvalue weighted by Gasteiger charge is 2.03. The summed E-state index contributed by atoms with van der Waals surface area (Å²) >= 11 is 0. The summed E-state index contributed by atoms with van der Waals surface area (Å²) in [7, 11) is 3.82. The van der Waals surface area contributed by atoms with Gasteiger partial charge in [-0.25, -0.2) is 4.79 Å². The van der Waals surface area contributed by atoms with E-state index in [2.05, 4.69) is 5.10 Å². The molecule has 1 aromatic heterocycles. The molecule has 0 unspecified atom stereocenters. The van der Waals surface area contributed by atoms with Gasteiger partial charge in [0.1, 0.15) is 0 Å². The van der Waals surface area contributed by atoms with Gasteiger partial charge >= 0.3 is 5.97 Å². The minimum absolute atomic E-state index is 0.640. The molecular weight excluding hydrogens is 206 g/mol. The third-order valence-electron chi connectivity index (χ3n) is 2.10. The van der Waals surface area contributed by atoms with E-state index in [0.29, 0.717) is 6.54 Å². The van der Waals surface area contributed by atoms with E-state index in [1.54, 1.807) is 4.68 Å². The third kappa shape index (κ3) is 4.27. The second-order valence-corrected chi connectivity index (χ2v) is 4.02. The number of hydrogen-bond acceptors (Lipinski definition) is 3. The van der Waals surface area contributed by atoms with E-state index in [4.69, 9.17) is 5.11 Å². The summed E-state index contributed by atoms with van der Waals surface area (Å²) in [5.74, 6) is -0.896. The number of carboxylic acid groups (broad SMARTS) is 1. The van der Waals surface area contributed by atoms with Crippen LogP contribution in [0.25, 0.3) is 0 Å². The third-order valence-corrected chi connectivity index (χ3v) is 2.10. The molecule has 0 spiro atoms. The Morgan fingerprint density at radius 1 is 1.69 bits per heavy atom. The predicted molar refractivity (Wildman–Crippen MR) is 60.9 cm³/mol. The topological polar surface area (TPSA) is 58.4 Å². The van der Waals surface area contributed by atoms with Gasteiger partial charge in [0.05, 0.1) is 6.20 Å². The highest BCUT2D eigenvalue weighted by Crippen LogP contribution is 2.03. The first-order valence-corrected chi connectivity index (χ1v) is 5.03. The minimum atomic E-state index is -0.896. The van der Waals surface area contributed by atoms with Gasteiger partial charge in [0.15, 0.2) is 0 Å². The number of aryl methyl sites for hydroxylation is 1. The van der Waals surface area contributed by atoms with Crippen LogP contribution < -0.4 is 0 Å². The molecule has 0 bridgehead atoms. The number of carbonyl (C=O) groups is 1. The Bertz CT molecular complexity index is 396. The van der Waals surface area contributed by atoms with Crippen LogP contribution in [0.4, 0.5) is 0 Å². The van der Waals surface area contributed by atoms with E-state index in [1.807, 2.05) is 38.3 Å². The van der Waals surface area contributed by atoms with E-state index in [9.17, 15) is 4.79 Å². The predicted octanol–water partition coefficient (Wildman–Crippen LogP) is 0.883. The molecule has 0 saturated heterocycles. The SMILES string of the molecule is CC(=CC(=O)O)CN(C)Cc1cnn(C)c1. The second-order valence-electron chi connectivity index (χ2n) is 4.02. The first-order chi connectivity index (χ1) is 7.47. The fourth-order valence-corrected chi connectivity index (χ4v) is 1.60. The molecule has 5 nitrogen and oxygen atoms in total. The lowest BCUT2D eigenvalue weighted by Gasteiger charge is -2.15. The van der Waals surface area contributed by atoms with Crippen LogP contribution in [0.3, 0.4) is 0 Å². The number of likely N-dealkylation sites (N-methyl/N-ethyl adjacent to an activating group) is 1. The van der Waals surface area contributed by atoms with Crippen molar-refractivity contribution in [3.8, 4) is 0 Å². The second kappa shape index (κ2) is 5.46. The summed E-state index contributed by atoms with van der Waals surface area (Å²) in [6.45, 7) is 3.22. The molecule has 0 aromatic carbocycles. The van der Waals surface area contributed by atoms with Crippen LogP contribution in [0.2, 0.25) is 0 Å². The molecule has 0 aliphatic heterocycles. The Labute approximate surface area is 95.0 Å². The molecule has 16 heavy (non-hydrogen) atoms. The van der Waals surface area contributed by atoms with Crippen LogP contribution >= 0.6 is 0 Å². The van der Waals surface area contributed by atoms with Crippen LogP contribution in [0.5, 0.6) is 0 Å². The lowest BCUT2D eigenvalue weighted by atomic mass is 10.2. The molecule has 0 saturated carbocycles. The first kappa shape index (κ1) is 12.4. The molecule has 0 aliphatic rings. The van der Waals surface area contributed by atoms with Crippen LogP contribution in [0.1, 0.15) is 12.5 Å². The summed E-state index contributed by atoms with van der Waals surface area (Å²) in [4.78, 5) is 12.5. The Morgan fingerprint density at radius 2 is 2.38 bits per heavy atom. The lowest BCUT2D eigenvalue weighted by Crippen LogP contribution is -2.20. The zero-order valence-corrected chi connectivity index (χ0v) is 9.84. The Hall–Kier alpha value is -1.62. The summed E-state index contributed by atoms with van der Waals surface area (Å²) < 4.78 is 1.75. The van der Waals surface area contributed by atoms with Crippen molar-refractivity contribution in [1.29, 1.82) is 0 Å². The van der Waals surface area contributed by atoms with E-state index >= 15 is 0 Å². The van der Waals surface area contributed by atoms with Gasteiger partial charge in [-0.1, -0.05) is 5.57 Å². The molecule has 5 heteroatoms. The first-order valence-electron chi connectivity index (χ1n) is 5.03. The van der Waals surface area contributed by atoms with Crippen molar-refractivity contribution in [2.75, 3.05) is 13.6 Å². The molecule has 1 heterocycles. The number of nitrogens with zero attached hydrogens (tertiary/aromatic N) is 3. The number of hydrogen-bond donors (Lipinski definition) is 1. The summed E-state index contributed by atoms with van der Waals surface area (Å²) in [6.07, 6.45) is 5.00. The van der Waals surface area contributed by atoms with E-state index < -0.39 is 5.97 Å². The van der Waals surface area contributed by atoms with Crippen molar-refractivity contribution in [2.24, 2.45) is 7.05 Å². The van der Waals surface area contributed by atoms with Gasteiger partial charge in [-0.3, -0.25) is 9.58 Å². The molecular formula is C11H17N3O2. The molecule has 88 valence electrons. The van der Waals surface area contributed by atoms with Gasteiger partial charge in [-0.15, -0.1) is 0 Å². The van der Waals surface area contributed by atoms with Crippen LogP contribution in [0, 0.1) is 0 Å².